The van der Waals surface area contributed by atoms with E-state index in [0.717, 1.165) is 16.0 Å². The Hall–Kier alpha value is -2.73. The maximum Gasteiger partial charge on any atom is 0.262 e. The summed E-state index contributed by atoms with van der Waals surface area (Å²) in [6, 6.07) is 20.2. The van der Waals surface area contributed by atoms with E-state index in [-0.39, 0.29) is 11.8 Å². The van der Waals surface area contributed by atoms with Crippen LogP contribution in [0.4, 0.5) is 5.69 Å². The maximum absolute atomic E-state index is 12.6. The first-order valence-electron chi connectivity index (χ1n) is 9.62. The molecule has 0 unspecified atom stereocenters. The van der Waals surface area contributed by atoms with E-state index in [0.29, 0.717) is 39.2 Å². The third-order valence-electron chi connectivity index (χ3n) is 4.74. The average molecular weight is 469 g/mol. The zero-order chi connectivity index (χ0) is 21.8. The van der Waals surface area contributed by atoms with Gasteiger partial charge in [-0.1, -0.05) is 65.3 Å². The van der Waals surface area contributed by atoms with Gasteiger partial charge in [0.1, 0.15) is 0 Å². The highest BCUT2D eigenvalue weighted by atomic mass is 35.5. The molecule has 1 aliphatic heterocycles. The monoisotopic (exact) mass is 468 g/mol. The Morgan fingerprint density at radius 3 is 2.58 bits per heavy atom. The first-order chi connectivity index (χ1) is 15.0. The van der Waals surface area contributed by atoms with Crippen molar-refractivity contribution in [2.75, 3.05) is 11.9 Å². The Morgan fingerprint density at radius 1 is 1.03 bits per heavy atom. The molecule has 3 aromatic carbocycles. The normalized spacial score (nSPS) is 14.1. The number of fused-ring (bicyclic) bond motifs is 1. The van der Waals surface area contributed by atoms with Crippen molar-refractivity contribution in [1.29, 1.82) is 0 Å². The van der Waals surface area contributed by atoms with Crippen LogP contribution in [0.3, 0.4) is 0 Å². The topological polar surface area (TPSA) is 58.2 Å². The van der Waals surface area contributed by atoms with Crippen LogP contribution in [0.5, 0.6) is 0 Å². The molecule has 1 heterocycles. The molecule has 2 amide bonds. The van der Waals surface area contributed by atoms with Gasteiger partial charge in [-0.15, -0.1) is 0 Å². The molecule has 4 nitrogen and oxygen atoms in total. The summed E-state index contributed by atoms with van der Waals surface area (Å²) >= 11 is 13.4. The van der Waals surface area contributed by atoms with Crippen LogP contribution in [0.15, 0.2) is 76.5 Å². The van der Waals surface area contributed by atoms with Gasteiger partial charge in [0.15, 0.2) is 0 Å². The number of anilines is 1. The minimum Gasteiger partial charge on any atom is -0.352 e. The fraction of sp³-hybridized carbons (Fsp3) is 0.0833. The van der Waals surface area contributed by atoms with E-state index in [2.05, 4.69) is 10.6 Å². The van der Waals surface area contributed by atoms with Crippen molar-refractivity contribution in [3.63, 3.8) is 0 Å². The average Bonchev–Trinajstić information content (AvgIpc) is 2.76. The summed E-state index contributed by atoms with van der Waals surface area (Å²) in [6.07, 6.45) is 2.47. The van der Waals surface area contributed by atoms with Crippen molar-refractivity contribution in [3.8, 4) is 0 Å². The number of hydrogen-bond donors (Lipinski definition) is 2. The second-order valence-electron chi connectivity index (χ2n) is 6.93. The number of hydrogen-bond acceptors (Lipinski definition) is 3. The molecule has 4 rings (SSSR count). The van der Waals surface area contributed by atoms with Crippen LogP contribution in [-0.2, 0) is 11.2 Å². The molecule has 31 heavy (non-hydrogen) atoms. The van der Waals surface area contributed by atoms with E-state index >= 15 is 0 Å². The lowest BCUT2D eigenvalue weighted by Gasteiger charge is -2.19. The predicted molar refractivity (Wildman–Crippen MR) is 128 cm³/mol. The summed E-state index contributed by atoms with van der Waals surface area (Å²) in [6.45, 7) is 0.503. The molecule has 0 spiro atoms. The Morgan fingerprint density at radius 2 is 1.81 bits per heavy atom. The SMILES string of the molecule is O=C1Nc2cc(C(=O)NCCc3ccc(Cl)cc3)ccc2SC1=Cc1ccccc1Cl. The fourth-order valence-electron chi connectivity index (χ4n) is 3.11. The van der Waals surface area contributed by atoms with Gasteiger partial charge in [-0.05, 0) is 60.0 Å². The van der Waals surface area contributed by atoms with Crippen molar-refractivity contribution in [2.45, 2.75) is 11.3 Å². The molecular formula is C24H18Cl2N2O2S. The van der Waals surface area contributed by atoms with Crippen molar-refractivity contribution in [2.24, 2.45) is 0 Å². The smallest absolute Gasteiger partial charge is 0.262 e. The first-order valence-corrected chi connectivity index (χ1v) is 11.2. The van der Waals surface area contributed by atoms with E-state index in [1.807, 2.05) is 48.5 Å². The Balaban J connectivity index is 1.42. The predicted octanol–water partition coefficient (Wildman–Crippen LogP) is 6.05. The molecule has 2 N–H and O–H groups in total. The molecule has 0 bridgehead atoms. The molecular weight excluding hydrogens is 451 g/mol. The minimum atomic E-state index is -0.224. The molecule has 3 aromatic rings. The van der Waals surface area contributed by atoms with Crippen LogP contribution in [0, 0.1) is 0 Å². The molecule has 0 saturated heterocycles. The number of halogens is 2. The van der Waals surface area contributed by atoms with Gasteiger partial charge in [-0.25, -0.2) is 0 Å². The number of carbonyl (C=O) groups excluding carboxylic acids is 2. The van der Waals surface area contributed by atoms with Crippen LogP contribution in [0.1, 0.15) is 21.5 Å². The molecule has 0 radical (unpaired) electrons. The number of thioether (sulfide) groups is 1. The summed E-state index contributed by atoms with van der Waals surface area (Å²) in [5, 5.41) is 7.05. The number of carbonyl (C=O) groups is 2. The summed E-state index contributed by atoms with van der Waals surface area (Å²) in [5.41, 5.74) is 2.99. The third kappa shape index (κ3) is 5.31. The summed E-state index contributed by atoms with van der Waals surface area (Å²) in [5.74, 6) is -0.411. The molecule has 0 saturated carbocycles. The zero-order valence-corrected chi connectivity index (χ0v) is 18.7. The Labute approximate surface area is 194 Å². The number of nitrogens with one attached hydrogen (secondary N) is 2. The van der Waals surface area contributed by atoms with Gasteiger partial charge in [0.25, 0.3) is 11.8 Å². The largest absolute Gasteiger partial charge is 0.352 e. The lowest BCUT2D eigenvalue weighted by atomic mass is 10.1. The van der Waals surface area contributed by atoms with Gasteiger partial charge in [0, 0.05) is 27.0 Å². The van der Waals surface area contributed by atoms with Crippen LogP contribution >= 0.6 is 35.0 Å². The fourth-order valence-corrected chi connectivity index (χ4v) is 4.35. The van der Waals surface area contributed by atoms with E-state index in [1.54, 1.807) is 24.3 Å². The lowest BCUT2D eigenvalue weighted by Crippen LogP contribution is -2.26. The lowest BCUT2D eigenvalue weighted by molar-refractivity contribution is -0.112. The van der Waals surface area contributed by atoms with Gasteiger partial charge in [-0.2, -0.15) is 0 Å². The summed E-state index contributed by atoms with van der Waals surface area (Å²) in [7, 11) is 0. The molecule has 0 fully saturated rings. The van der Waals surface area contributed by atoms with Gasteiger partial charge >= 0.3 is 0 Å². The molecule has 7 heteroatoms. The zero-order valence-electron chi connectivity index (χ0n) is 16.3. The quantitative estimate of drug-likeness (QED) is 0.447. The van der Waals surface area contributed by atoms with Gasteiger partial charge in [-0.3, -0.25) is 9.59 Å². The van der Waals surface area contributed by atoms with Crippen LogP contribution in [-0.4, -0.2) is 18.4 Å². The number of amides is 2. The van der Waals surface area contributed by atoms with E-state index < -0.39 is 0 Å². The molecule has 156 valence electrons. The van der Waals surface area contributed by atoms with E-state index in [4.69, 9.17) is 23.2 Å². The Bertz CT molecular complexity index is 1180. The number of benzene rings is 3. The van der Waals surface area contributed by atoms with Gasteiger partial charge in [0.2, 0.25) is 0 Å². The Kier molecular flexibility index (Phi) is 6.66. The van der Waals surface area contributed by atoms with Crippen molar-refractivity contribution >= 4 is 58.5 Å². The van der Waals surface area contributed by atoms with Crippen LogP contribution < -0.4 is 10.6 Å². The third-order valence-corrected chi connectivity index (χ3v) is 6.43. The number of rotatable bonds is 5. The standard InChI is InChI=1S/C24H18Cl2N2O2S/c25-18-8-5-15(6-9-18)11-12-27-23(29)17-7-10-21-20(13-17)28-24(30)22(31-21)14-16-3-1-2-4-19(16)26/h1-10,13-14H,11-12H2,(H,27,29)(H,28,30). The highest BCUT2D eigenvalue weighted by Crippen LogP contribution is 2.39. The summed E-state index contributed by atoms with van der Waals surface area (Å²) < 4.78 is 0. The van der Waals surface area contributed by atoms with Crippen molar-refractivity contribution in [3.05, 3.63) is 98.4 Å². The van der Waals surface area contributed by atoms with Crippen molar-refractivity contribution < 1.29 is 9.59 Å². The highest BCUT2D eigenvalue weighted by Gasteiger charge is 2.22. The summed E-state index contributed by atoms with van der Waals surface area (Å²) in [4.78, 5) is 26.5. The van der Waals surface area contributed by atoms with Gasteiger partial charge < -0.3 is 10.6 Å². The van der Waals surface area contributed by atoms with Gasteiger partial charge in [0.05, 0.1) is 10.6 Å². The molecule has 0 aliphatic carbocycles. The second kappa shape index (κ2) is 9.60. The van der Waals surface area contributed by atoms with Crippen LogP contribution in [0.2, 0.25) is 10.0 Å². The highest BCUT2D eigenvalue weighted by molar-refractivity contribution is 8.04. The second-order valence-corrected chi connectivity index (χ2v) is 8.86. The van der Waals surface area contributed by atoms with E-state index in [9.17, 15) is 9.59 Å². The van der Waals surface area contributed by atoms with Crippen molar-refractivity contribution in [1.82, 2.24) is 5.32 Å². The molecule has 1 aliphatic rings. The maximum atomic E-state index is 12.6. The molecule has 0 aromatic heterocycles. The van der Waals surface area contributed by atoms with Crippen LogP contribution in [0.25, 0.3) is 6.08 Å². The first kappa shape index (κ1) is 21.5. The minimum absolute atomic E-state index is 0.187. The molecule has 0 atom stereocenters. The van der Waals surface area contributed by atoms with E-state index in [1.165, 1.54) is 11.8 Å².